The van der Waals surface area contributed by atoms with Gasteiger partial charge in [-0.25, -0.2) is 8.78 Å². The zero-order valence-corrected chi connectivity index (χ0v) is 21.9. The molecule has 4 aromatic rings. The van der Waals surface area contributed by atoms with E-state index < -0.39 is 30.3 Å². The molecule has 12 heteroatoms. The minimum atomic E-state index is -1.42. The Morgan fingerprint density at radius 2 is 1.70 bits per heavy atom. The van der Waals surface area contributed by atoms with Crippen molar-refractivity contribution in [2.24, 2.45) is 0 Å². The molecule has 0 fully saturated rings. The van der Waals surface area contributed by atoms with Crippen molar-refractivity contribution >= 4 is 16.6 Å². The molecule has 1 atom stereocenters. The molecule has 2 heterocycles. The van der Waals surface area contributed by atoms with Gasteiger partial charge in [0.05, 0.1) is 31.5 Å². The first kappa shape index (κ1) is 28.7. The number of fused-ring (bicyclic) bond motifs is 1. The molecular formula is C28H29F3N4O5. The summed E-state index contributed by atoms with van der Waals surface area (Å²) < 4.78 is 64.9. The average molecular weight is 559 g/mol. The molecule has 2 aromatic heterocycles. The molecular weight excluding hydrogens is 529 g/mol. The van der Waals surface area contributed by atoms with E-state index in [1.54, 1.807) is 19.2 Å². The first-order valence-electron chi connectivity index (χ1n) is 12.4. The smallest absolute Gasteiger partial charge is 0.198 e. The predicted molar refractivity (Wildman–Crippen MR) is 143 cm³/mol. The highest BCUT2D eigenvalue weighted by Gasteiger charge is 2.20. The topological polar surface area (TPSA) is 107 Å². The van der Waals surface area contributed by atoms with Crippen molar-refractivity contribution in [1.29, 1.82) is 0 Å². The summed E-state index contributed by atoms with van der Waals surface area (Å²) in [4.78, 5) is 8.25. The number of alkyl halides is 1. The Kier molecular flexibility index (Phi) is 9.81. The lowest BCUT2D eigenvalue weighted by Crippen LogP contribution is -2.16. The fraction of sp³-hybridized carbons (Fsp3) is 0.286. The summed E-state index contributed by atoms with van der Waals surface area (Å²) in [5.41, 5.74) is 0.632. The van der Waals surface area contributed by atoms with Gasteiger partial charge < -0.3 is 34.7 Å². The first-order valence-corrected chi connectivity index (χ1v) is 12.4. The number of anilines is 1. The van der Waals surface area contributed by atoms with Crippen LogP contribution in [0.1, 0.15) is 18.2 Å². The van der Waals surface area contributed by atoms with E-state index in [0.29, 0.717) is 35.6 Å². The predicted octanol–water partition coefficient (Wildman–Crippen LogP) is 5.15. The van der Waals surface area contributed by atoms with Crippen molar-refractivity contribution in [2.75, 3.05) is 45.9 Å². The Balaban J connectivity index is 1.56. The third kappa shape index (κ3) is 6.82. The van der Waals surface area contributed by atoms with E-state index in [0.717, 1.165) is 12.1 Å². The summed E-state index contributed by atoms with van der Waals surface area (Å²) >= 11 is 0. The van der Waals surface area contributed by atoms with Crippen LogP contribution < -0.4 is 29.6 Å². The lowest BCUT2D eigenvalue weighted by molar-refractivity contribution is 0.197. The minimum Gasteiger partial charge on any atom is -0.493 e. The number of ether oxygens (including phenoxy) is 4. The zero-order chi connectivity index (χ0) is 28.5. The summed E-state index contributed by atoms with van der Waals surface area (Å²) in [6.07, 6.45) is 3.00. The average Bonchev–Trinajstić information content (AvgIpc) is 2.95. The molecule has 0 saturated carbocycles. The number of methoxy groups -OCH3 is 1. The van der Waals surface area contributed by atoms with Gasteiger partial charge in [0.2, 0.25) is 0 Å². The highest BCUT2D eigenvalue weighted by Crippen LogP contribution is 2.39. The van der Waals surface area contributed by atoms with Gasteiger partial charge in [-0.05, 0) is 25.2 Å². The molecule has 0 saturated heterocycles. The van der Waals surface area contributed by atoms with Crippen molar-refractivity contribution in [3.8, 4) is 28.7 Å². The minimum absolute atomic E-state index is 0.0574. The van der Waals surface area contributed by atoms with Crippen LogP contribution in [0.15, 0.2) is 55.0 Å². The van der Waals surface area contributed by atoms with Crippen molar-refractivity contribution in [3.63, 3.8) is 0 Å². The number of nitrogens with one attached hydrogen (secondary N) is 2. The molecule has 0 aliphatic heterocycles. The third-order valence-electron chi connectivity index (χ3n) is 5.75. The number of nitrogens with zero attached hydrogens (tertiary/aromatic N) is 2. The lowest BCUT2D eigenvalue weighted by atomic mass is 10.1. The molecule has 0 bridgehead atoms. The van der Waals surface area contributed by atoms with E-state index in [1.807, 2.05) is 0 Å². The Morgan fingerprint density at radius 1 is 0.950 bits per heavy atom. The highest BCUT2D eigenvalue weighted by atomic mass is 19.1. The number of hydrogen-bond donors (Lipinski definition) is 3. The van der Waals surface area contributed by atoms with Gasteiger partial charge in [0.1, 0.15) is 18.1 Å². The van der Waals surface area contributed by atoms with Crippen LogP contribution in [-0.4, -0.2) is 55.7 Å². The zero-order valence-electron chi connectivity index (χ0n) is 21.9. The number of rotatable bonds is 14. The second kappa shape index (κ2) is 13.7. The summed E-state index contributed by atoms with van der Waals surface area (Å²) in [7, 11) is 3.28. The Morgan fingerprint density at radius 3 is 2.42 bits per heavy atom. The number of aliphatic hydroxyl groups excluding tert-OH is 1. The fourth-order valence-corrected chi connectivity index (χ4v) is 3.81. The number of pyridine rings is 2. The number of hydrogen-bond acceptors (Lipinski definition) is 9. The molecule has 0 spiro atoms. The molecule has 4 rings (SSSR count). The van der Waals surface area contributed by atoms with Gasteiger partial charge in [-0.3, -0.25) is 14.4 Å². The largest absolute Gasteiger partial charge is 0.493 e. The maximum Gasteiger partial charge on any atom is 0.198 e. The fourth-order valence-electron chi connectivity index (χ4n) is 3.81. The normalized spacial score (nSPS) is 11.8. The van der Waals surface area contributed by atoms with E-state index >= 15 is 8.78 Å². The molecule has 2 aromatic carbocycles. The van der Waals surface area contributed by atoms with Gasteiger partial charge in [-0.2, -0.15) is 0 Å². The van der Waals surface area contributed by atoms with Crippen LogP contribution in [0.25, 0.3) is 10.9 Å². The van der Waals surface area contributed by atoms with E-state index in [-0.39, 0.29) is 35.8 Å². The van der Waals surface area contributed by atoms with Crippen molar-refractivity contribution < 1.29 is 37.2 Å². The van der Waals surface area contributed by atoms with Crippen LogP contribution >= 0.6 is 0 Å². The van der Waals surface area contributed by atoms with Gasteiger partial charge in [-0.1, -0.05) is 0 Å². The van der Waals surface area contributed by atoms with E-state index in [1.165, 1.54) is 37.8 Å². The van der Waals surface area contributed by atoms with E-state index in [9.17, 15) is 9.50 Å². The summed E-state index contributed by atoms with van der Waals surface area (Å²) in [6.45, 7) is 0.559. The molecule has 212 valence electrons. The molecule has 0 aliphatic rings. The molecule has 40 heavy (non-hydrogen) atoms. The van der Waals surface area contributed by atoms with Crippen LogP contribution in [0, 0.1) is 11.6 Å². The van der Waals surface area contributed by atoms with Crippen LogP contribution in [0.2, 0.25) is 0 Å². The molecule has 1 unspecified atom stereocenters. The van der Waals surface area contributed by atoms with Crippen LogP contribution in [0.3, 0.4) is 0 Å². The van der Waals surface area contributed by atoms with E-state index in [2.05, 4.69) is 20.6 Å². The highest BCUT2D eigenvalue weighted by molar-refractivity contribution is 5.88. The number of halogens is 3. The monoisotopic (exact) mass is 558 g/mol. The number of likely N-dealkylation sites (N-methyl/N-ethyl adjacent to an activating group) is 1. The van der Waals surface area contributed by atoms with Crippen molar-refractivity contribution in [1.82, 2.24) is 15.3 Å². The molecule has 0 radical (unpaired) electrons. The van der Waals surface area contributed by atoms with Gasteiger partial charge in [0, 0.05) is 60.8 Å². The quantitative estimate of drug-likeness (QED) is 0.143. The number of benzene rings is 2. The maximum absolute atomic E-state index is 15.1. The van der Waals surface area contributed by atoms with Gasteiger partial charge in [0.15, 0.2) is 35.1 Å². The second-order valence-electron chi connectivity index (χ2n) is 8.50. The molecule has 3 N–H and O–H groups in total. The molecule has 9 nitrogen and oxygen atoms in total. The number of aliphatic hydroxyl groups is 1. The summed E-state index contributed by atoms with van der Waals surface area (Å²) in [5.74, 6) is -1.38. The summed E-state index contributed by atoms with van der Waals surface area (Å²) in [5, 5.41) is 16.7. The lowest BCUT2D eigenvalue weighted by Gasteiger charge is -2.18. The Bertz CT molecular complexity index is 1420. The van der Waals surface area contributed by atoms with Crippen molar-refractivity contribution in [3.05, 3.63) is 72.2 Å². The van der Waals surface area contributed by atoms with Crippen LogP contribution in [-0.2, 0) is 0 Å². The Labute approximate surface area is 228 Å². The SMILES string of the molecule is CNCCOc1cc2nccc(Oc3c(F)cc(NC(O)c4cnccc4OCCCF)cc3F)c2cc1OC. The standard InChI is InChI=1S/C28H29F3N4O5/c1-32-9-11-39-26-15-22-18(14-25(26)37-2)24(5-8-34-22)40-27-20(30)12-17(13-21(27)31)35-28(36)19-16-33-7-4-23(19)38-10-3-6-29/h4-5,7-8,12-16,28,32,35-36H,3,6,9-11H2,1-2H3. The maximum atomic E-state index is 15.1. The van der Waals surface area contributed by atoms with Gasteiger partial charge in [0.25, 0.3) is 0 Å². The molecule has 0 aliphatic carbocycles. The second-order valence-corrected chi connectivity index (χ2v) is 8.50. The van der Waals surface area contributed by atoms with Crippen LogP contribution in [0.4, 0.5) is 18.9 Å². The number of aromatic nitrogens is 2. The van der Waals surface area contributed by atoms with Gasteiger partial charge >= 0.3 is 0 Å². The van der Waals surface area contributed by atoms with Crippen LogP contribution in [0.5, 0.6) is 28.7 Å². The van der Waals surface area contributed by atoms with Gasteiger partial charge in [-0.15, -0.1) is 0 Å². The Hall–Kier alpha value is -4.29. The third-order valence-corrected chi connectivity index (χ3v) is 5.75. The van der Waals surface area contributed by atoms with Crippen molar-refractivity contribution in [2.45, 2.75) is 12.6 Å². The molecule has 0 amide bonds. The first-order chi connectivity index (χ1) is 19.4. The summed E-state index contributed by atoms with van der Waals surface area (Å²) in [6, 6.07) is 8.23. The van der Waals surface area contributed by atoms with E-state index in [4.69, 9.17) is 18.9 Å².